The molecule has 0 unspecified atom stereocenters. The minimum atomic E-state index is -0.197. The van der Waals surface area contributed by atoms with Gasteiger partial charge in [-0.1, -0.05) is 61.2 Å². The summed E-state index contributed by atoms with van der Waals surface area (Å²) in [5.74, 6) is 1.12. The van der Waals surface area contributed by atoms with Gasteiger partial charge in [-0.2, -0.15) is 0 Å². The molecule has 1 amide bonds. The number of carbonyl (C=O) groups excluding carboxylic acids is 1. The molecule has 0 saturated heterocycles. The predicted molar refractivity (Wildman–Crippen MR) is 151 cm³/mol. The largest absolute Gasteiger partial charge is 0.493 e. The number of hydrogen-bond acceptors (Lipinski definition) is 4. The highest BCUT2D eigenvalue weighted by Gasteiger charge is 2.28. The molecule has 3 heterocycles. The molecule has 182 valence electrons. The standard InChI is InChI=1S/C31H24ClN3O2/c1-19(22-8-7-21-5-3-4-6-23(21)13-22)27-17-35(18-31(36)34-30-10-9-25(32)16-33-30)28-14-24-11-12-37-29(24)15-26(28)20(27)2/h3-10,13-17H,1-2,11-12,18H2,(H,33,34,36). The van der Waals surface area contributed by atoms with E-state index in [0.717, 1.165) is 56.7 Å². The number of benzene rings is 3. The van der Waals surface area contributed by atoms with E-state index in [2.05, 4.69) is 59.9 Å². The molecule has 1 aromatic heterocycles. The molecule has 37 heavy (non-hydrogen) atoms. The average molecular weight is 506 g/mol. The zero-order chi connectivity index (χ0) is 25.5. The van der Waals surface area contributed by atoms with Crippen molar-refractivity contribution in [1.82, 2.24) is 4.98 Å². The summed E-state index contributed by atoms with van der Waals surface area (Å²) in [6.45, 7) is 9.60. The molecule has 4 aromatic rings. The zero-order valence-electron chi connectivity index (χ0n) is 20.1. The SMILES string of the molecule is C=C(C1=CN(CC(=O)Nc2ccc(Cl)cn2)c2cc3c(cc2C1=C)OCC3)c1ccc2ccccc2c1. The van der Waals surface area contributed by atoms with Crippen molar-refractivity contribution in [3.8, 4) is 5.75 Å². The Labute approximate surface area is 220 Å². The highest BCUT2D eigenvalue weighted by Crippen LogP contribution is 2.45. The quantitative estimate of drug-likeness (QED) is 0.321. The molecule has 0 bridgehead atoms. The molecule has 5 nitrogen and oxygen atoms in total. The third-order valence-electron chi connectivity index (χ3n) is 6.78. The van der Waals surface area contributed by atoms with Crippen LogP contribution in [0.3, 0.4) is 0 Å². The molecule has 0 saturated carbocycles. The number of anilines is 2. The fourth-order valence-electron chi connectivity index (χ4n) is 4.85. The van der Waals surface area contributed by atoms with Gasteiger partial charge in [0.2, 0.25) is 5.91 Å². The van der Waals surface area contributed by atoms with E-state index in [4.69, 9.17) is 16.3 Å². The number of ether oxygens (including phenoxy) is 1. The van der Waals surface area contributed by atoms with Crippen molar-refractivity contribution >= 4 is 50.9 Å². The van der Waals surface area contributed by atoms with Gasteiger partial charge in [-0.15, -0.1) is 0 Å². The van der Waals surface area contributed by atoms with Gasteiger partial charge in [0.25, 0.3) is 0 Å². The van der Waals surface area contributed by atoms with Crippen molar-refractivity contribution in [2.45, 2.75) is 6.42 Å². The summed E-state index contributed by atoms with van der Waals surface area (Å²) < 4.78 is 5.85. The lowest BCUT2D eigenvalue weighted by molar-refractivity contribution is -0.114. The molecule has 1 N–H and O–H groups in total. The van der Waals surface area contributed by atoms with Crippen molar-refractivity contribution in [1.29, 1.82) is 0 Å². The smallest absolute Gasteiger partial charge is 0.245 e. The van der Waals surface area contributed by atoms with Crippen molar-refractivity contribution in [2.24, 2.45) is 0 Å². The van der Waals surface area contributed by atoms with Gasteiger partial charge in [0.15, 0.2) is 0 Å². The monoisotopic (exact) mass is 505 g/mol. The first-order valence-corrected chi connectivity index (χ1v) is 12.4. The molecule has 0 atom stereocenters. The van der Waals surface area contributed by atoms with Crippen LogP contribution in [0, 0.1) is 0 Å². The predicted octanol–water partition coefficient (Wildman–Crippen LogP) is 6.89. The number of rotatable bonds is 5. The van der Waals surface area contributed by atoms with E-state index in [0.29, 0.717) is 17.4 Å². The second-order valence-corrected chi connectivity index (χ2v) is 9.61. The summed E-state index contributed by atoms with van der Waals surface area (Å²) in [7, 11) is 0. The first-order chi connectivity index (χ1) is 18.0. The maximum Gasteiger partial charge on any atom is 0.245 e. The Morgan fingerprint density at radius 1 is 1.08 bits per heavy atom. The van der Waals surface area contributed by atoms with Crippen LogP contribution in [0.25, 0.3) is 21.9 Å². The zero-order valence-corrected chi connectivity index (χ0v) is 20.9. The summed E-state index contributed by atoms with van der Waals surface area (Å²) >= 11 is 5.93. The van der Waals surface area contributed by atoms with Crippen LogP contribution in [0.1, 0.15) is 16.7 Å². The Kier molecular flexibility index (Phi) is 5.78. The number of nitrogens with zero attached hydrogens (tertiary/aromatic N) is 2. The highest BCUT2D eigenvalue weighted by atomic mass is 35.5. The number of fused-ring (bicyclic) bond motifs is 3. The van der Waals surface area contributed by atoms with Crippen LogP contribution in [0.5, 0.6) is 5.75 Å². The second kappa shape index (κ2) is 9.26. The fourth-order valence-corrected chi connectivity index (χ4v) is 4.96. The average Bonchev–Trinajstić information content (AvgIpc) is 3.38. The Bertz CT molecular complexity index is 1620. The Balaban J connectivity index is 1.36. The van der Waals surface area contributed by atoms with Gasteiger partial charge in [-0.25, -0.2) is 4.98 Å². The van der Waals surface area contributed by atoms with Gasteiger partial charge in [0.05, 0.1) is 11.6 Å². The normalized spacial score (nSPS) is 14.0. The second-order valence-electron chi connectivity index (χ2n) is 9.18. The fraction of sp³-hybridized carbons (Fsp3) is 0.0968. The minimum Gasteiger partial charge on any atom is -0.493 e. The van der Waals surface area contributed by atoms with Crippen molar-refractivity contribution in [2.75, 3.05) is 23.4 Å². The molecular weight excluding hydrogens is 482 g/mol. The number of carbonyl (C=O) groups is 1. The van der Waals surface area contributed by atoms with Crippen LogP contribution < -0.4 is 15.0 Å². The third-order valence-corrected chi connectivity index (χ3v) is 7.01. The van der Waals surface area contributed by atoms with Gasteiger partial charge >= 0.3 is 0 Å². The highest BCUT2D eigenvalue weighted by molar-refractivity contribution is 6.30. The summed E-state index contributed by atoms with van der Waals surface area (Å²) in [4.78, 5) is 19.2. The number of hydrogen-bond donors (Lipinski definition) is 1. The lowest BCUT2D eigenvalue weighted by Gasteiger charge is -2.31. The third kappa shape index (κ3) is 4.39. The van der Waals surface area contributed by atoms with Crippen LogP contribution in [0.2, 0.25) is 5.02 Å². The van der Waals surface area contributed by atoms with E-state index >= 15 is 0 Å². The lowest BCUT2D eigenvalue weighted by atomic mass is 9.86. The van der Waals surface area contributed by atoms with Gasteiger partial charge in [-0.05, 0) is 63.4 Å². The van der Waals surface area contributed by atoms with Crippen molar-refractivity contribution in [3.05, 3.63) is 120 Å². The molecule has 0 aliphatic carbocycles. The van der Waals surface area contributed by atoms with E-state index in [9.17, 15) is 4.79 Å². The maximum atomic E-state index is 13.1. The van der Waals surface area contributed by atoms with Gasteiger partial charge < -0.3 is 15.0 Å². The van der Waals surface area contributed by atoms with E-state index in [1.807, 2.05) is 29.3 Å². The van der Waals surface area contributed by atoms with Crippen LogP contribution in [0.4, 0.5) is 11.5 Å². The lowest BCUT2D eigenvalue weighted by Crippen LogP contribution is -2.32. The molecular formula is C31H24ClN3O2. The van der Waals surface area contributed by atoms with Gasteiger partial charge in [0, 0.05) is 35.6 Å². The van der Waals surface area contributed by atoms with Gasteiger partial charge in [-0.3, -0.25) is 4.79 Å². The number of aromatic nitrogens is 1. The number of pyridine rings is 1. The summed E-state index contributed by atoms with van der Waals surface area (Å²) in [6.07, 6.45) is 4.32. The van der Waals surface area contributed by atoms with E-state index < -0.39 is 0 Å². The van der Waals surface area contributed by atoms with Crippen LogP contribution >= 0.6 is 11.6 Å². The number of allylic oxidation sites excluding steroid dienone is 3. The summed E-state index contributed by atoms with van der Waals surface area (Å²) in [6, 6.07) is 22.1. The van der Waals surface area contributed by atoms with Gasteiger partial charge in [0.1, 0.15) is 18.1 Å². The summed E-state index contributed by atoms with van der Waals surface area (Å²) in [5, 5.41) is 5.68. The molecule has 3 aromatic carbocycles. The molecule has 2 aliphatic heterocycles. The molecule has 6 heteroatoms. The topological polar surface area (TPSA) is 54.5 Å². The van der Waals surface area contributed by atoms with Crippen molar-refractivity contribution < 1.29 is 9.53 Å². The van der Waals surface area contributed by atoms with Crippen molar-refractivity contribution in [3.63, 3.8) is 0 Å². The Morgan fingerprint density at radius 3 is 2.73 bits per heavy atom. The molecule has 6 rings (SSSR count). The number of halogens is 1. The molecule has 0 radical (unpaired) electrons. The molecule has 0 spiro atoms. The van der Waals surface area contributed by atoms with Crippen LogP contribution in [-0.2, 0) is 11.2 Å². The van der Waals surface area contributed by atoms with Crippen LogP contribution in [-0.4, -0.2) is 24.0 Å². The first kappa shape index (κ1) is 23.1. The van der Waals surface area contributed by atoms with E-state index in [-0.39, 0.29) is 12.5 Å². The molecule has 0 fully saturated rings. The summed E-state index contributed by atoms with van der Waals surface area (Å²) in [5.41, 5.74) is 6.54. The molecule has 2 aliphatic rings. The van der Waals surface area contributed by atoms with E-state index in [1.54, 1.807) is 12.1 Å². The number of nitrogens with one attached hydrogen (secondary N) is 1. The van der Waals surface area contributed by atoms with Crippen LogP contribution in [0.15, 0.2) is 97.9 Å². The minimum absolute atomic E-state index is 0.0960. The maximum absolute atomic E-state index is 13.1. The van der Waals surface area contributed by atoms with E-state index in [1.165, 1.54) is 11.6 Å². The Hall–Kier alpha value is -4.35. The Morgan fingerprint density at radius 2 is 1.92 bits per heavy atom. The number of amides is 1. The first-order valence-electron chi connectivity index (χ1n) is 12.0.